The second kappa shape index (κ2) is 7.10. The molecule has 0 aromatic heterocycles. The first kappa shape index (κ1) is 13.8. The fraction of sp³-hybridized carbons (Fsp3) is 0.583. The molecule has 0 fully saturated rings. The minimum Gasteiger partial charge on any atom is -0.450 e. The van der Waals surface area contributed by atoms with Crippen LogP contribution >= 0.6 is 0 Å². The first-order valence-corrected chi connectivity index (χ1v) is 5.27. The minimum absolute atomic E-state index is 0.0852. The number of hydrogen-bond acceptors (Lipinski definition) is 2. The lowest BCUT2D eigenvalue weighted by molar-refractivity contribution is 0.106. The summed E-state index contributed by atoms with van der Waals surface area (Å²) in [5.74, 6) is 0. The van der Waals surface area contributed by atoms with Gasteiger partial charge in [-0.15, -0.1) is 0 Å². The molecule has 0 radical (unpaired) electrons. The van der Waals surface area contributed by atoms with Crippen LogP contribution in [0.4, 0.5) is 4.79 Å². The summed E-state index contributed by atoms with van der Waals surface area (Å²) >= 11 is 0. The molecule has 0 aliphatic carbocycles. The molecular formula is C12H21NO2. The normalized spacial score (nSPS) is 13.2. The van der Waals surface area contributed by atoms with Crippen molar-refractivity contribution in [1.82, 2.24) is 4.90 Å². The van der Waals surface area contributed by atoms with Gasteiger partial charge in [0.25, 0.3) is 0 Å². The van der Waals surface area contributed by atoms with Gasteiger partial charge < -0.3 is 9.64 Å². The lowest BCUT2D eigenvalue weighted by Crippen LogP contribution is -2.37. The molecule has 1 amide bonds. The SMILES string of the molecule is C=C/C=C(\C)C(CC)N(C)C(=O)OCC. The van der Waals surface area contributed by atoms with Crippen molar-refractivity contribution < 1.29 is 9.53 Å². The summed E-state index contributed by atoms with van der Waals surface area (Å²) in [6.45, 7) is 9.89. The van der Waals surface area contributed by atoms with E-state index in [4.69, 9.17) is 4.74 Å². The van der Waals surface area contributed by atoms with Gasteiger partial charge in [-0.2, -0.15) is 0 Å². The zero-order valence-electron chi connectivity index (χ0n) is 10.1. The maximum atomic E-state index is 11.5. The first-order valence-electron chi connectivity index (χ1n) is 5.27. The molecule has 0 saturated heterocycles. The highest BCUT2D eigenvalue weighted by Gasteiger charge is 2.19. The molecule has 1 unspecified atom stereocenters. The van der Waals surface area contributed by atoms with Crippen molar-refractivity contribution in [1.29, 1.82) is 0 Å². The average Bonchev–Trinajstić information content (AvgIpc) is 2.19. The van der Waals surface area contributed by atoms with E-state index in [0.29, 0.717) is 6.61 Å². The molecule has 0 aliphatic heterocycles. The molecule has 0 saturated carbocycles. The Balaban J connectivity index is 4.59. The van der Waals surface area contributed by atoms with Gasteiger partial charge in [0.05, 0.1) is 12.6 Å². The summed E-state index contributed by atoms with van der Waals surface area (Å²) in [5.41, 5.74) is 1.11. The van der Waals surface area contributed by atoms with Crippen LogP contribution in [0.2, 0.25) is 0 Å². The predicted molar refractivity (Wildman–Crippen MR) is 62.8 cm³/mol. The van der Waals surface area contributed by atoms with Crippen molar-refractivity contribution in [3.8, 4) is 0 Å². The van der Waals surface area contributed by atoms with Gasteiger partial charge in [-0.3, -0.25) is 0 Å². The quantitative estimate of drug-likeness (QED) is 0.654. The Kier molecular flexibility index (Phi) is 6.50. The van der Waals surface area contributed by atoms with Crippen LogP contribution in [-0.4, -0.2) is 30.7 Å². The second-order valence-electron chi connectivity index (χ2n) is 3.38. The minimum atomic E-state index is -0.277. The van der Waals surface area contributed by atoms with Crippen molar-refractivity contribution in [2.75, 3.05) is 13.7 Å². The van der Waals surface area contributed by atoms with Gasteiger partial charge >= 0.3 is 6.09 Å². The summed E-state index contributed by atoms with van der Waals surface area (Å²) in [4.78, 5) is 13.1. The number of amides is 1. The van der Waals surface area contributed by atoms with E-state index in [1.807, 2.05) is 19.9 Å². The number of allylic oxidation sites excluding steroid dienone is 2. The van der Waals surface area contributed by atoms with Crippen LogP contribution < -0.4 is 0 Å². The van der Waals surface area contributed by atoms with Crippen molar-refractivity contribution in [3.63, 3.8) is 0 Å². The largest absolute Gasteiger partial charge is 0.450 e. The van der Waals surface area contributed by atoms with Crippen molar-refractivity contribution in [3.05, 3.63) is 24.3 Å². The molecule has 0 N–H and O–H groups in total. The van der Waals surface area contributed by atoms with E-state index in [-0.39, 0.29) is 12.1 Å². The Labute approximate surface area is 92.4 Å². The molecule has 0 aliphatic rings. The lowest BCUT2D eigenvalue weighted by atomic mass is 10.1. The molecule has 0 rings (SSSR count). The molecule has 0 spiro atoms. The molecule has 0 aromatic rings. The fourth-order valence-electron chi connectivity index (χ4n) is 1.55. The Hall–Kier alpha value is -1.25. The molecule has 3 heteroatoms. The van der Waals surface area contributed by atoms with Gasteiger partial charge in [-0.25, -0.2) is 4.79 Å². The number of carbonyl (C=O) groups excluding carboxylic acids is 1. The topological polar surface area (TPSA) is 29.5 Å². The maximum absolute atomic E-state index is 11.5. The van der Waals surface area contributed by atoms with Gasteiger partial charge in [0, 0.05) is 7.05 Å². The summed E-state index contributed by atoms with van der Waals surface area (Å²) < 4.78 is 4.95. The van der Waals surface area contributed by atoms with Gasteiger partial charge in [0.15, 0.2) is 0 Å². The van der Waals surface area contributed by atoms with Crippen molar-refractivity contribution in [2.45, 2.75) is 33.2 Å². The van der Waals surface area contributed by atoms with E-state index in [9.17, 15) is 4.79 Å². The predicted octanol–water partition coefficient (Wildman–Crippen LogP) is 2.99. The highest BCUT2D eigenvalue weighted by Crippen LogP contribution is 2.13. The maximum Gasteiger partial charge on any atom is 0.409 e. The smallest absolute Gasteiger partial charge is 0.409 e. The first-order chi connectivity index (χ1) is 7.08. The van der Waals surface area contributed by atoms with E-state index in [2.05, 4.69) is 6.58 Å². The van der Waals surface area contributed by atoms with Gasteiger partial charge in [0.2, 0.25) is 0 Å². The zero-order chi connectivity index (χ0) is 11.8. The summed E-state index contributed by atoms with van der Waals surface area (Å²) in [6.07, 6.45) is 4.24. The Bertz CT molecular complexity index is 246. The van der Waals surface area contributed by atoms with Crippen LogP contribution in [0.3, 0.4) is 0 Å². The van der Waals surface area contributed by atoms with E-state index >= 15 is 0 Å². The highest BCUT2D eigenvalue weighted by atomic mass is 16.6. The summed E-state index contributed by atoms with van der Waals surface area (Å²) in [6, 6.07) is 0.0852. The van der Waals surface area contributed by atoms with E-state index < -0.39 is 0 Å². The highest BCUT2D eigenvalue weighted by molar-refractivity contribution is 5.68. The zero-order valence-corrected chi connectivity index (χ0v) is 10.1. The second-order valence-corrected chi connectivity index (χ2v) is 3.38. The van der Waals surface area contributed by atoms with E-state index in [1.54, 1.807) is 24.9 Å². The number of carbonyl (C=O) groups is 1. The third kappa shape index (κ3) is 4.19. The summed E-state index contributed by atoms with van der Waals surface area (Å²) in [5, 5.41) is 0. The number of ether oxygens (including phenoxy) is 1. The number of nitrogens with zero attached hydrogens (tertiary/aromatic N) is 1. The Morgan fingerprint density at radius 3 is 2.53 bits per heavy atom. The monoisotopic (exact) mass is 211 g/mol. The lowest BCUT2D eigenvalue weighted by Gasteiger charge is -2.27. The van der Waals surface area contributed by atoms with Crippen LogP contribution in [0, 0.1) is 0 Å². The molecule has 15 heavy (non-hydrogen) atoms. The van der Waals surface area contributed by atoms with Crippen LogP contribution in [-0.2, 0) is 4.74 Å². The fourth-order valence-corrected chi connectivity index (χ4v) is 1.55. The van der Waals surface area contributed by atoms with Crippen LogP contribution in [0.5, 0.6) is 0 Å². The van der Waals surface area contributed by atoms with Gasteiger partial charge in [0.1, 0.15) is 0 Å². The third-order valence-electron chi connectivity index (χ3n) is 2.32. The molecule has 1 atom stereocenters. The van der Waals surface area contributed by atoms with E-state index in [0.717, 1.165) is 12.0 Å². The van der Waals surface area contributed by atoms with Crippen LogP contribution in [0.15, 0.2) is 24.3 Å². The van der Waals surface area contributed by atoms with Crippen molar-refractivity contribution >= 4 is 6.09 Å². The third-order valence-corrected chi connectivity index (χ3v) is 2.32. The van der Waals surface area contributed by atoms with Gasteiger partial charge in [-0.1, -0.05) is 31.2 Å². The molecule has 86 valence electrons. The standard InChI is InChI=1S/C12H21NO2/c1-6-9-10(4)11(7-2)13(5)12(14)15-8-3/h6,9,11H,1,7-8H2,2-5H3/b10-9+. The number of likely N-dealkylation sites (N-methyl/N-ethyl adjacent to an activating group) is 1. The number of rotatable bonds is 5. The van der Waals surface area contributed by atoms with E-state index in [1.165, 1.54) is 0 Å². The van der Waals surface area contributed by atoms with Crippen LogP contribution in [0.25, 0.3) is 0 Å². The Morgan fingerprint density at radius 1 is 1.53 bits per heavy atom. The Morgan fingerprint density at radius 2 is 2.13 bits per heavy atom. The average molecular weight is 211 g/mol. The summed E-state index contributed by atoms with van der Waals surface area (Å²) in [7, 11) is 1.76. The van der Waals surface area contributed by atoms with Gasteiger partial charge in [-0.05, 0) is 20.3 Å². The molecule has 0 bridgehead atoms. The van der Waals surface area contributed by atoms with Crippen LogP contribution in [0.1, 0.15) is 27.2 Å². The molecule has 0 heterocycles. The molecule has 0 aromatic carbocycles. The molecular weight excluding hydrogens is 190 g/mol. The van der Waals surface area contributed by atoms with Crippen molar-refractivity contribution in [2.24, 2.45) is 0 Å². The molecule has 3 nitrogen and oxygen atoms in total. The number of hydrogen-bond donors (Lipinski definition) is 0.